The Labute approximate surface area is 187 Å². The SMILES string of the molecule is Cc1nc(-c2ccc(F)cc2)sc1C(=O)Nc1cnc2c(c1)c(C)nn2-c1ccccc1. The van der Waals surface area contributed by atoms with Crippen molar-refractivity contribution in [3.05, 3.63) is 88.9 Å². The van der Waals surface area contributed by atoms with E-state index in [1.54, 1.807) is 29.9 Å². The number of rotatable bonds is 4. The molecule has 0 bridgehead atoms. The first-order valence-electron chi connectivity index (χ1n) is 9.95. The van der Waals surface area contributed by atoms with Gasteiger partial charge in [0.15, 0.2) is 5.65 Å². The van der Waals surface area contributed by atoms with Crippen LogP contribution in [-0.4, -0.2) is 25.7 Å². The molecule has 0 spiro atoms. The predicted molar refractivity (Wildman–Crippen MR) is 124 cm³/mol. The van der Waals surface area contributed by atoms with Crippen molar-refractivity contribution in [2.45, 2.75) is 13.8 Å². The van der Waals surface area contributed by atoms with Gasteiger partial charge in [-0.25, -0.2) is 19.0 Å². The first kappa shape index (κ1) is 20.0. The first-order valence-corrected chi connectivity index (χ1v) is 10.8. The van der Waals surface area contributed by atoms with Gasteiger partial charge in [0.25, 0.3) is 5.91 Å². The average molecular weight is 444 g/mol. The number of carbonyl (C=O) groups is 1. The summed E-state index contributed by atoms with van der Waals surface area (Å²) in [6.45, 7) is 3.70. The van der Waals surface area contributed by atoms with E-state index in [0.29, 0.717) is 21.3 Å². The van der Waals surface area contributed by atoms with Gasteiger partial charge in [-0.2, -0.15) is 5.10 Å². The number of hydrogen-bond acceptors (Lipinski definition) is 5. The summed E-state index contributed by atoms with van der Waals surface area (Å²) < 4.78 is 15.0. The van der Waals surface area contributed by atoms with Gasteiger partial charge in [0.1, 0.15) is 15.7 Å². The lowest BCUT2D eigenvalue weighted by atomic mass is 10.2. The number of aryl methyl sites for hydroxylation is 2. The molecule has 0 aliphatic carbocycles. The molecule has 0 aliphatic rings. The van der Waals surface area contributed by atoms with E-state index in [1.165, 1.54) is 23.5 Å². The van der Waals surface area contributed by atoms with Crippen LogP contribution in [0.15, 0.2) is 66.9 Å². The zero-order valence-electron chi connectivity index (χ0n) is 17.3. The minimum absolute atomic E-state index is 0.261. The number of carbonyl (C=O) groups excluding carboxylic acids is 1. The number of nitrogens with zero attached hydrogens (tertiary/aromatic N) is 4. The highest BCUT2D eigenvalue weighted by Gasteiger charge is 2.18. The highest BCUT2D eigenvalue weighted by molar-refractivity contribution is 7.17. The molecule has 158 valence electrons. The molecule has 0 saturated heterocycles. The van der Waals surface area contributed by atoms with Crippen molar-refractivity contribution < 1.29 is 9.18 Å². The van der Waals surface area contributed by atoms with Crippen molar-refractivity contribution in [2.75, 3.05) is 5.32 Å². The third-order valence-corrected chi connectivity index (χ3v) is 6.26. The molecule has 0 unspecified atom stereocenters. The molecule has 32 heavy (non-hydrogen) atoms. The Balaban J connectivity index is 1.43. The number of nitrogens with one attached hydrogen (secondary N) is 1. The second kappa shape index (κ2) is 7.97. The molecular weight excluding hydrogens is 425 g/mol. The maximum absolute atomic E-state index is 13.2. The molecule has 0 atom stereocenters. The van der Waals surface area contributed by atoms with Crippen LogP contribution in [-0.2, 0) is 0 Å². The fraction of sp³-hybridized carbons (Fsp3) is 0.0833. The number of benzene rings is 2. The van der Waals surface area contributed by atoms with Crippen molar-refractivity contribution in [1.82, 2.24) is 19.7 Å². The first-order chi connectivity index (χ1) is 15.5. The molecule has 5 rings (SSSR count). The van der Waals surface area contributed by atoms with Crippen LogP contribution in [0.4, 0.5) is 10.1 Å². The number of pyridine rings is 1. The zero-order chi connectivity index (χ0) is 22.2. The molecule has 3 heterocycles. The highest BCUT2D eigenvalue weighted by atomic mass is 32.1. The summed E-state index contributed by atoms with van der Waals surface area (Å²) >= 11 is 1.27. The van der Waals surface area contributed by atoms with Gasteiger partial charge >= 0.3 is 0 Å². The largest absolute Gasteiger partial charge is 0.320 e. The number of fused-ring (bicyclic) bond motifs is 1. The normalized spacial score (nSPS) is 11.1. The van der Waals surface area contributed by atoms with Crippen molar-refractivity contribution in [2.24, 2.45) is 0 Å². The van der Waals surface area contributed by atoms with Crippen LogP contribution in [0.25, 0.3) is 27.3 Å². The summed E-state index contributed by atoms with van der Waals surface area (Å²) in [4.78, 5) is 22.5. The van der Waals surface area contributed by atoms with Crippen LogP contribution >= 0.6 is 11.3 Å². The molecule has 3 aromatic heterocycles. The second-order valence-corrected chi connectivity index (χ2v) is 8.32. The number of anilines is 1. The second-order valence-electron chi connectivity index (χ2n) is 7.32. The van der Waals surface area contributed by atoms with E-state index >= 15 is 0 Å². The molecule has 8 heteroatoms. The van der Waals surface area contributed by atoms with Crippen LogP contribution in [0.3, 0.4) is 0 Å². The van der Waals surface area contributed by atoms with Gasteiger partial charge in [0.2, 0.25) is 0 Å². The van der Waals surface area contributed by atoms with E-state index in [9.17, 15) is 9.18 Å². The van der Waals surface area contributed by atoms with Crippen molar-refractivity contribution in [1.29, 1.82) is 0 Å². The number of halogens is 1. The van der Waals surface area contributed by atoms with Crippen molar-refractivity contribution >= 4 is 34.0 Å². The van der Waals surface area contributed by atoms with Gasteiger partial charge in [-0.05, 0) is 56.3 Å². The third-order valence-electron chi connectivity index (χ3n) is 5.06. The van der Waals surface area contributed by atoms with Crippen LogP contribution in [0, 0.1) is 19.7 Å². The van der Waals surface area contributed by atoms with Gasteiger partial charge in [0, 0.05) is 10.9 Å². The number of para-hydroxylation sites is 1. The molecule has 6 nitrogen and oxygen atoms in total. The van der Waals surface area contributed by atoms with E-state index < -0.39 is 0 Å². The lowest BCUT2D eigenvalue weighted by molar-refractivity contribution is 0.103. The molecule has 5 aromatic rings. The Morgan fingerprint density at radius 2 is 1.78 bits per heavy atom. The Morgan fingerprint density at radius 1 is 1.03 bits per heavy atom. The van der Waals surface area contributed by atoms with E-state index in [1.807, 2.05) is 43.3 Å². The Hall–Kier alpha value is -3.91. The van der Waals surface area contributed by atoms with Gasteiger partial charge in [-0.1, -0.05) is 18.2 Å². The summed E-state index contributed by atoms with van der Waals surface area (Å²) in [7, 11) is 0. The molecule has 1 amide bonds. The standard InChI is InChI=1S/C24H18FN5OS/c1-14-20-12-18(13-26-22(20)30(29-14)19-6-4-3-5-7-19)28-23(31)21-15(2)27-24(32-21)16-8-10-17(25)11-9-16/h3-13H,1-2H3,(H,28,31). The molecule has 0 aliphatic heterocycles. The highest BCUT2D eigenvalue weighted by Crippen LogP contribution is 2.29. The predicted octanol–water partition coefficient (Wildman–Crippen LogP) is 5.55. The molecule has 0 fully saturated rings. The average Bonchev–Trinajstić information content (AvgIpc) is 3.35. The minimum Gasteiger partial charge on any atom is -0.320 e. The fourth-order valence-corrected chi connectivity index (χ4v) is 4.44. The Morgan fingerprint density at radius 3 is 2.53 bits per heavy atom. The van der Waals surface area contributed by atoms with Crippen LogP contribution < -0.4 is 5.32 Å². The smallest absolute Gasteiger partial charge is 0.267 e. The van der Waals surface area contributed by atoms with Crippen LogP contribution in [0.5, 0.6) is 0 Å². The summed E-state index contributed by atoms with van der Waals surface area (Å²) in [5.41, 5.74) is 4.43. The van der Waals surface area contributed by atoms with Crippen molar-refractivity contribution in [3.8, 4) is 16.3 Å². The molecule has 2 aromatic carbocycles. The summed E-state index contributed by atoms with van der Waals surface area (Å²) in [5, 5.41) is 9.04. The Bertz CT molecular complexity index is 1440. The number of amides is 1. The van der Waals surface area contributed by atoms with Crippen molar-refractivity contribution in [3.63, 3.8) is 0 Å². The monoisotopic (exact) mass is 443 g/mol. The van der Waals surface area contributed by atoms with E-state index in [0.717, 1.165) is 28.0 Å². The number of thiazole rings is 1. The maximum Gasteiger partial charge on any atom is 0.267 e. The quantitative estimate of drug-likeness (QED) is 0.395. The fourth-order valence-electron chi connectivity index (χ4n) is 3.47. The van der Waals surface area contributed by atoms with Gasteiger partial charge in [-0.15, -0.1) is 11.3 Å². The summed E-state index contributed by atoms with van der Waals surface area (Å²) in [5.74, 6) is -0.573. The Kier molecular flexibility index (Phi) is 4.99. The van der Waals surface area contributed by atoms with Gasteiger partial charge in [0.05, 0.1) is 29.0 Å². The van der Waals surface area contributed by atoms with Gasteiger partial charge in [-0.3, -0.25) is 4.79 Å². The molecular formula is C24H18FN5OS. The summed E-state index contributed by atoms with van der Waals surface area (Å²) in [6, 6.07) is 17.7. The lowest BCUT2D eigenvalue weighted by Gasteiger charge is -2.05. The van der Waals surface area contributed by atoms with Crippen LogP contribution in [0.1, 0.15) is 21.1 Å². The third kappa shape index (κ3) is 3.65. The number of hydrogen-bond donors (Lipinski definition) is 1. The molecule has 0 radical (unpaired) electrons. The van der Waals surface area contributed by atoms with E-state index in [2.05, 4.69) is 20.4 Å². The summed E-state index contributed by atoms with van der Waals surface area (Å²) in [6.07, 6.45) is 1.62. The topological polar surface area (TPSA) is 72.7 Å². The maximum atomic E-state index is 13.2. The van der Waals surface area contributed by atoms with Gasteiger partial charge < -0.3 is 5.32 Å². The molecule has 1 N–H and O–H groups in total. The van der Waals surface area contributed by atoms with Crippen LogP contribution in [0.2, 0.25) is 0 Å². The minimum atomic E-state index is -0.311. The lowest BCUT2D eigenvalue weighted by Crippen LogP contribution is -2.11. The number of aromatic nitrogens is 4. The molecule has 0 saturated carbocycles. The zero-order valence-corrected chi connectivity index (χ0v) is 18.2. The van der Waals surface area contributed by atoms with E-state index in [4.69, 9.17) is 0 Å². The van der Waals surface area contributed by atoms with E-state index in [-0.39, 0.29) is 11.7 Å².